The molecule has 14 heavy (non-hydrogen) atoms. The number of benzene rings is 1. The predicted octanol–water partition coefficient (Wildman–Crippen LogP) is 2.19. The van der Waals surface area contributed by atoms with Gasteiger partial charge in [0.05, 0.1) is 12.0 Å². The Balaban J connectivity index is 3.17. The van der Waals surface area contributed by atoms with Crippen LogP contribution in [0.3, 0.4) is 0 Å². The SMILES string of the molecule is CC(C#N)C(C)(O)c1ccccc1F. The third kappa shape index (κ3) is 1.75. The quantitative estimate of drug-likeness (QED) is 0.782. The maximum Gasteiger partial charge on any atom is 0.129 e. The van der Waals surface area contributed by atoms with Gasteiger partial charge in [0.1, 0.15) is 11.4 Å². The molecule has 0 spiro atoms. The first kappa shape index (κ1) is 10.7. The first-order valence-corrected chi connectivity index (χ1v) is 4.37. The highest BCUT2D eigenvalue weighted by molar-refractivity contribution is 5.25. The third-order valence-electron chi connectivity index (χ3n) is 2.46. The van der Waals surface area contributed by atoms with E-state index in [0.29, 0.717) is 0 Å². The zero-order chi connectivity index (χ0) is 10.8. The molecule has 1 aromatic carbocycles. The van der Waals surface area contributed by atoms with E-state index in [-0.39, 0.29) is 5.56 Å². The lowest BCUT2D eigenvalue weighted by molar-refractivity contribution is 0.0198. The van der Waals surface area contributed by atoms with Crippen LogP contribution in [0.2, 0.25) is 0 Å². The van der Waals surface area contributed by atoms with E-state index < -0.39 is 17.3 Å². The molecule has 2 nitrogen and oxygen atoms in total. The molecule has 2 unspecified atom stereocenters. The van der Waals surface area contributed by atoms with Crippen molar-refractivity contribution in [3.05, 3.63) is 35.6 Å². The topological polar surface area (TPSA) is 44.0 Å². The van der Waals surface area contributed by atoms with Gasteiger partial charge in [-0.2, -0.15) is 5.26 Å². The highest BCUT2D eigenvalue weighted by atomic mass is 19.1. The van der Waals surface area contributed by atoms with Gasteiger partial charge < -0.3 is 5.11 Å². The molecule has 2 atom stereocenters. The second-order valence-corrected chi connectivity index (χ2v) is 3.48. The zero-order valence-corrected chi connectivity index (χ0v) is 8.16. The standard InChI is InChI=1S/C11H12FNO/c1-8(7-13)11(2,14)9-5-3-4-6-10(9)12/h3-6,8,14H,1-2H3. The van der Waals surface area contributed by atoms with Crippen molar-refractivity contribution in [2.75, 3.05) is 0 Å². The van der Waals surface area contributed by atoms with Crippen molar-refractivity contribution in [3.63, 3.8) is 0 Å². The van der Waals surface area contributed by atoms with Gasteiger partial charge in [0, 0.05) is 5.56 Å². The Morgan fingerprint density at radius 1 is 1.50 bits per heavy atom. The minimum absolute atomic E-state index is 0.161. The average molecular weight is 193 g/mol. The summed E-state index contributed by atoms with van der Waals surface area (Å²) in [6.45, 7) is 3.01. The molecule has 0 aliphatic rings. The summed E-state index contributed by atoms with van der Waals surface area (Å²) in [7, 11) is 0. The maximum absolute atomic E-state index is 13.3. The van der Waals surface area contributed by atoms with Crippen molar-refractivity contribution in [3.8, 4) is 6.07 Å². The van der Waals surface area contributed by atoms with Gasteiger partial charge in [0.25, 0.3) is 0 Å². The van der Waals surface area contributed by atoms with Gasteiger partial charge in [-0.25, -0.2) is 4.39 Å². The molecule has 0 fully saturated rings. The molecule has 3 heteroatoms. The minimum atomic E-state index is -1.44. The van der Waals surface area contributed by atoms with Crippen molar-refractivity contribution in [1.82, 2.24) is 0 Å². The highest BCUT2D eigenvalue weighted by Crippen LogP contribution is 2.30. The van der Waals surface area contributed by atoms with Crippen molar-refractivity contribution in [2.45, 2.75) is 19.4 Å². The van der Waals surface area contributed by atoms with Crippen molar-refractivity contribution in [2.24, 2.45) is 5.92 Å². The van der Waals surface area contributed by atoms with Crippen molar-refractivity contribution < 1.29 is 9.50 Å². The lowest BCUT2D eigenvalue weighted by Gasteiger charge is -2.26. The molecule has 0 aromatic heterocycles. The number of nitriles is 1. The van der Waals surface area contributed by atoms with Gasteiger partial charge in [0.2, 0.25) is 0 Å². The fourth-order valence-corrected chi connectivity index (χ4v) is 1.23. The van der Waals surface area contributed by atoms with Crippen LogP contribution in [-0.2, 0) is 5.60 Å². The van der Waals surface area contributed by atoms with E-state index in [0.717, 1.165) is 0 Å². The molecule has 0 radical (unpaired) electrons. The molecule has 74 valence electrons. The Morgan fingerprint density at radius 3 is 2.57 bits per heavy atom. The van der Waals surface area contributed by atoms with Crippen molar-refractivity contribution >= 4 is 0 Å². The van der Waals surface area contributed by atoms with Crippen LogP contribution < -0.4 is 0 Å². The van der Waals surface area contributed by atoms with E-state index in [9.17, 15) is 9.50 Å². The second-order valence-electron chi connectivity index (χ2n) is 3.48. The smallest absolute Gasteiger partial charge is 0.129 e. The largest absolute Gasteiger partial charge is 0.384 e. The molecule has 1 rings (SSSR count). The Morgan fingerprint density at radius 2 is 2.07 bits per heavy atom. The van der Waals surface area contributed by atoms with Crippen LogP contribution in [0.25, 0.3) is 0 Å². The van der Waals surface area contributed by atoms with Crippen LogP contribution in [0.15, 0.2) is 24.3 Å². The van der Waals surface area contributed by atoms with Crippen molar-refractivity contribution in [1.29, 1.82) is 5.26 Å². The molecule has 1 N–H and O–H groups in total. The summed E-state index contributed by atoms with van der Waals surface area (Å²) in [5.41, 5.74) is -1.28. The summed E-state index contributed by atoms with van der Waals surface area (Å²) in [5, 5.41) is 18.7. The number of nitrogens with zero attached hydrogens (tertiary/aromatic N) is 1. The summed E-state index contributed by atoms with van der Waals surface area (Å²) in [6, 6.07) is 7.86. The van der Waals surface area contributed by atoms with E-state index in [4.69, 9.17) is 5.26 Å². The van der Waals surface area contributed by atoms with E-state index in [2.05, 4.69) is 0 Å². The van der Waals surface area contributed by atoms with Crippen LogP contribution in [0, 0.1) is 23.1 Å². The summed E-state index contributed by atoms with van der Waals surface area (Å²) in [4.78, 5) is 0. The van der Waals surface area contributed by atoms with Crippen LogP contribution in [0.1, 0.15) is 19.4 Å². The van der Waals surface area contributed by atoms with Crippen LogP contribution in [-0.4, -0.2) is 5.11 Å². The Labute approximate surface area is 82.6 Å². The molecular formula is C11H12FNO. The number of rotatable bonds is 2. The average Bonchev–Trinajstić information content (AvgIpc) is 2.17. The molecular weight excluding hydrogens is 181 g/mol. The lowest BCUT2D eigenvalue weighted by atomic mass is 9.85. The molecule has 0 amide bonds. The normalized spacial score (nSPS) is 16.8. The van der Waals surface area contributed by atoms with E-state index >= 15 is 0 Å². The Hall–Kier alpha value is -1.40. The van der Waals surface area contributed by atoms with Gasteiger partial charge in [-0.05, 0) is 19.9 Å². The second kappa shape index (κ2) is 3.77. The van der Waals surface area contributed by atoms with Gasteiger partial charge in [-0.3, -0.25) is 0 Å². The highest BCUT2D eigenvalue weighted by Gasteiger charge is 2.32. The molecule has 0 saturated carbocycles. The van der Waals surface area contributed by atoms with E-state index in [1.54, 1.807) is 19.1 Å². The van der Waals surface area contributed by atoms with E-state index in [1.807, 2.05) is 6.07 Å². The maximum atomic E-state index is 13.3. The number of halogens is 1. The summed E-state index contributed by atoms with van der Waals surface area (Å²) in [5.74, 6) is -1.14. The number of hydrogen-bond acceptors (Lipinski definition) is 2. The van der Waals surface area contributed by atoms with Gasteiger partial charge in [-0.1, -0.05) is 18.2 Å². The fourth-order valence-electron chi connectivity index (χ4n) is 1.23. The monoisotopic (exact) mass is 193 g/mol. The molecule has 0 saturated heterocycles. The van der Waals surface area contributed by atoms with E-state index in [1.165, 1.54) is 19.1 Å². The third-order valence-corrected chi connectivity index (χ3v) is 2.46. The van der Waals surface area contributed by atoms with Gasteiger partial charge in [0.15, 0.2) is 0 Å². The first-order valence-electron chi connectivity index (χ1n) is 4.37. The number of hydrogen-bond donors (Lipinski definition) is 1. The van der Waals surface area contributed by atoms with Crippen LogP contribution in [0.5, 0.6) is 0 Å². The molecule has 0 aliphatic heterocycles. The fraction of sp³-hybridized carbons (Fsp3) is 0.364. The summed E-state index contributed by atoms with van der Waals surface area (Å²) in [6.07, 6.45) is 0. The Kier molecular flexibility index (Phi) is 2.87. The summed E-state index contributed by atoms with van der Waals surface area (Å²) < 4.78 is 13.3. The molecule has 0 heterocycles. The summed E-state index contributed by atoms with van der Waals surface area (Å²) >= 11 is 0. The Bertz CT molecular complexity index is 368. The lowest BCUT2D eigenvalue weighted by Crippen LogP contribution is -2.30. The molecule has 1 aromatic rings. The predicted molar refractivity (Wildman–Crippen MR) is 50.7 cm³/mol. The van der Waals surface area contributed by atoms with Crippen LogP contribution >= 0.6 is 0 Å². The van der Waals surface area contributed by atoms with Crippen LogP contribution in [0.4, 0.5) is 4.39 Å². The van der Waals surface area contributed by atoms with Gasteiger partial charge >= 0.3 is 0 Å². The zero-order valence-electron chi connectivity index (χ0n) is 8.16. The number of aliphatic hydroxyl groups is 1. The van der Waals surface area contributed by atoms with Gasteiger partial charge in [-0.15, -0.1) is 0 Å². The molecule has 0 aliphatic carbocycles. The molecule has 0 bridgehead atoms. The minimum Gasteiger partial charge on any atom is -0.384 e. The first-order chi connectivity index (χ1) is 6.50.